The molecule has 122 valence electrons. The summed E-state index contributed by atoms with van der Waals surface area (Å²) in [5.74, 6) is 0.383. The van der Waals surface area contributed by atoms with E-state index in [1.165, 1.54) is 4.90 Å². The molecule has 0 radical (unpaired) electrons. The monoisotopic (exact) mass is 358 g/mol. The number of amides is 1. The first-order valence-corrected chi connectivity index (χ1v) is 8.23. The van der Waals surface area contributed by atoms with Crippen molar-refractivity contribution in [2.75, 3.05) is 11.5 Å². The molecule has 1 saturated heterocycles. The van der Waals surface area contributed by atoms with Gasteiger partial charge in [-0.1, -0.05) is 35.9 Å². The Bertz CT molecular complexity index is 835. The van der Waals surface area contributed by atoms with Crippen LogP contribution in [0.3, 0.4) is 0 Å². The number of nitrogens with zero attached hydrogens (tertiary/aromatic N) is 1. The Hall–Kier alpha value is -2.37. The normalized spacial score (nSPS) is 15.8. The zero-order valence-electron chi connectivity index (χ0n) is 13.0. The van der Waals surface area contributed by atoms with Crippen LogP contribution < -0.4 is 15.0 Å². The van der Waals surface area contributed by atoms with Crippen molar-refractivity contribution in [2.24, 2.45) is 0 Å². The van der Waals surface area contributed by atoms with E-state index in [1.54, 1.807) is 24.3 Å². The molecule has 6 heteroatoms. The van der Waals surface area contributed by atoms with Crippen molar-refractivity contribution >= 4 is 46.6 Å². The second-order valence-electron chi connectivity index (χ2n) is 5.08. The smallest absolute Gasteiger partial charge is 0.281 e. The van der Waals surface area contributed by atoms with Crippen molar-refractivity contribution < 1.29 is 9.53 Å². The number of hydrogen-bond acceptors (Lipinski definition) is 3. The van der Waals surface area contributed by atoms with Crippen LogP contribution in [0.5, 0.6) is 5.75 Å². The number of ether oxygens (including phenoxy) is 1. The Kier molecular flexibility index (Phi) is 4.83. The lowest BCUT2D eigenvalue weighted by Crippen LogP contribution is -2.30. The van der Waals surface area contributed by atoms with Crippen molar-refractivity contribution in [3.63, 3.8) is 0 Å². The van der Waals surface area contributed by atoms with E-state index in [-0.39, 0.29) is 5.91 Å². The molecule has 1 aliphatic heterocycles. The maximum Gasteiger partial charge on any atom is 0.281 e. The molecule has 24 heavy (non-hydrogen) atoms. The Morgan fingerprint density at radius 1 is 1.25 bits per heavy atom. The van der Waals surface area contributed by atoms with E-state index in [9.17, 15) is 4.79 Å². The van der Waals surface area contributed by atoms with Gasteiger partial charge in [-0.2, -0.15) is 0 Å². The quantitative estimate of drug-likeness (QED) is 0.662. The minimum Gasteiger partial charge on any atom is -0.492 e. The van der Waals surface area contributed by atoms with E-state index in [4.69, 9.17) is 28.6 Å². The molecule has 0 aromatic heterocycles. The first-order valence-electron chi connectivity index (χ1n) is 7.44. The summed E-state index contributed by atoms with van der Waals surface area (Å²) in [4.78, 5) is 14.2. The van der Waals surface area contributed by atoms with Gasteiger partial charge in [-0.05, 0) is 55.0 Å². The third-order valence-corrected chi connectivity index (χ3v) is 3.96. The average molecular weight is 359 g/mol. The molecule has 2 aromatic carbocycles. The summed E-state index contributed by atoms with van der Waals surface area (Å²) >= 11 is 11.3. The van der Waals surface area contributed by atoms with Gasteiger partial charge in [-0.25, -0.2) is 4.90 Å². The van der Waals surface area contributed by atoms with Gasteiger partial charge in [-0.3, -0.25) is 4.79 Å². The van der Waals surface area contributed by atoms with Gasteiger partial charge in [-0.15, -0.1) is 0 Å². The lowest BCUT2D eigenvalue weighted by molar-refractivity contribution is -0.113. The van der Waals surface area contributed by atoms with Crippen LogP contribution in [-0.2, 0) is 4.79 Å². The van der Waals surface area contributed by atoms with Gasteiger partial charge in [0.15, 0.2) is 5.11 Å². The predicted molar refractivity (Wildman–Crippen MR) is 100 cm³/mol. The van der Waals surface area contributed by atoms with Crippen LogP contribution >= 0.6 is 23.8 Å². The summed E-state index contributed by atoms with van der Waals surface area (Å²) in [6, 6.07) is 14.6. The molecular formula is C18H15ClN2O2S. The van der Waals surface area contributed by atoms with Crippen LogP contribution in [0.15, 0.2) is 54.2 Å². The molecule has 1 N–H and O–H groups in total. The second kappa shape index (κ2) is 7.03. The molecule has 1 heterocycles. The van der Waals surface area contributed by atoms with Crippen molar-refractivity contribution in [1.82, 2.24) is 5.32 Å². The minimum absolute atomic E-state index is 0.230. The summed E-state index contributed by atoms with van der Waals surface area (Å²) in [5.41, 5.74) is 1.84. The predicted octanol–water partition coefficient (Wildman–Crippen LogP) is 4.00. The van der Waals surface area contributed by atoms with Gasteiger partial charge in [0.1, 0.15) is 11.4 Å². The van der Waals surface area contributed by atoms with Gasteiger partial charge in [0.25, 0.3) is 5.91 Å². The average Bonchev–Trinajstić information content (AvgIpc) is 2.82. The summed E-state index contributed by atoms with van der Waals surface area (Å²) in [7, 11) is 0. The second-order valence-corrected chi connectivity index (χ2v) is 5.91. The van der Waals surface area contributed by atoms with E-state index in [2.05, 4.69) is 5.32 Å². The summed E-state index contributed by atoms with van der Waals surface area (Å²) in [6.45, 7) is 2.40. The van der Waals surface area contributed by atoms with Crippen molar-refractivity contribution in [2.45, 2.75) is 6.92 Å². The zero-order valence-corrected chi connectivity index (χ0v) is 14.5. The highest BCUT2D eigenvalue weighted by Gasteiger charge is 2.33. The fourth-order valence-electron chi connectivity index (χ4n) is 2.44. The molecule has 0 atom stereocenters. The van der Waals surface area contributed by atoms with Crippen LogP contribution in [0.1, 0.15) is 12.5 Å². The summed E-state index contributed by atoms with van der Waals surface area (Å²) in [6.07, 6.45) is 1.73. The fraction of sp³-hybridized carbons (Fsp3) is 0.111. The fourth-order valence-corrected chi connectivity index (χ4v) is 2.93. The highest BCUT2D eigenvalue weighted by atomic mass is 35.5. The third-order valence-electron chi connectivity index (χ3n) is 3.44. The van der Waals surface area contributed by atoms with Crippen molar-refractivity contribution in [3.05, 3.63) is 64.8 Å². The first kappa shape index (κ1) is 16.5. The topological polar surface area (TPSA) is 41.6 Å². The first-order chi connectivity index (χ1) is 11.6. The SMILES string of the molecule is CCOc1ccccc1N1C(=O)/C(=C\c2cccc(Cl)c2)NC1=S. The molecule has 0 unspecified atom stereocenters. The number of rotatable bonds is 4. The van der Waals surface area contributed by atoms with Crippen LogP contribution in [-0.4, -0.2) is 17.6 Å². The molecule has 2 aromatic rings. The summed E-state index contributed by atoms with van der Waals surface area (Å²) in [5, 5.41) is 3.89. The van der Waals surface area contributed by atoms with Crippen LogP contribution in [0.25, 0.3) is 6.08 Å². The van der Waals surface area contributed by atoms with E-state index in [0.717, 1.165) is 5.56 Å². The molecule has 4 nitrogen and oxygen atoms in total. The number of para-hydroxylation sites is 2. The van der Waals surface area contributed by atoms with E-state index in [0.29, 0.717) is 33.9 Å². The number of halogens is 1. The molecule has 0 spiro atoms. The maximum absolute atomic E-state index is 12.8. The van der Waals surface area contributed by atoms with E-state index >= 15 is 0 Å². The number of anilines is 1. The molecule has 0 saturated carbocycles. The number of carbonyl (C=O) groups excluding carboxylic acids is 1. The van der Waals surface area contributed by atoms with Gasteiger partial charge in [0, 0.05) is 5.02 Å². The minimum atomic E-state index is -0.230. The Morgan fingerprint density at radius 2 is 2.04 bits per heavy atom. The molecular weight excluding hydrogens is 344 g/mol. The molecule has 0 aliphatic carbocycles. The Morgan fingerprint density at radius 3 is 2.79 bits per heavy atom. The molecule has 3 rings (SSSR count). The highest BCUT2D eigenvalue weighted by molar-refractivity contribution is 7.80. The van der Waals surface area contributed by atoms with Crippen LogP contribution in [0, 0.1) is 0 Å². The highest BCUT2D eigenvalue weighted by Crippen LogP contribution is 2.31. The number of benzene rings is 2. The Balaban J connectivity index is 1.95. The van der Waals surface area contributed by atoms with Crippen molar-refractivity contribution in [3.8, 4) is 5.75 Å². The molecule has 0 bridgehead atoms. The van der Waals surface area contributed by atoms with Gasteiger partial charge in [0.05, 0.1) is 12.3 Å². The maximum atomic E-state index is 12.8. The largest absolute Gasteiger partial charge is 0.492 e. The van der Waals surface area contributed by atoms with Gasteiger partial charge < -0.3 is 10.1 Å². The lowest BCUT2D eigenvalue weighted by Gasteiger charge is -2.17. The number of thiocarbonyl (C=S) groups is 1. The molecule has 1 fully saturated rings. The van der Waals surface area contributed by atoms with E-state index in [1.807, 2.05) is 37.3 Å². The number of nitrogens with one attached hydrogen (secondary N) is 1. The van der Waals surface area contributed by atoms with Gasteiger partial charge >= 0.3 is 0 Å². The Labute approximate surface area is 150 Å². The zero-order chi connectivity index (χ0) is 17.1. The van der Waals surface area contributed by atoms with Gasteiger partial charge in [0.2, 0.25) is 0 Å². The number of carbonyl (C=O) groups is 1. The standard InChI is InChI=1S/C18H15ClN2O2S/c1-2-23-16-9-4-3-8-15(16)21-17(22)14(20-18(21)24)11-12-6-5-7-13(19)10-12/h3-11H,2H2,1H3,(H,20,24)/b14-11+. The lowest BCUT2D eigenvalue weighted by atomic mass is 10.2. The third kappa shape index (κ3) is 3.27. The van der Waals surface area contributed by atoms with Crippen LogP contribution in [0.4, 0.5) is 5.69 Å². The number of hydrogen-bond donors (Lipinski definition) is 1. The molecule has 1 aliphatic rings. The summed E-state index contributed by atoms with van der Waals surface area (Å²) < 4.78 is 5.60. The van der Waals surface area contributed by atoms with E-state index < -0.39 is 0 Å². The molecule has 1 amide bonds. The van der Waals surface area contributed by atoms with Crippen LogP contribution in [0.2, 0.25) is 5.02 Å². The van der Waals surface area contributed by atoms with Crippen molar-refractivity contribution in [1.29, 1.82) is 0 Å².